The van der Waals surface area contributed by atoms with E-state index < -0.39 is 0 Å². The van der Waals surface area contributed by atoms with Crippen LogP contribution in [0, 0.1) is 0 Å². The fourth-order valence-corrected chi connectivity index (χ4v) is 2.17. The number of pyridine rings is 1. The molecule has 1 aliphatic heterocycles. The second-order valence-corrected chi connectivity index (χ2v) is 4.04. The van der Waals surface area contributed by atoms with Crippen LogP contribution in [0.4, 0.5) is 0 Å². The summed E-state index contributed by atoms with van der Waals surface area (Å²) in [6.07, 6.45) is 5.97. The lowest BCUT2D eigenvalue weighted by molar-refractivity contribution is 0.448. The van der Waals surface area contributed by atoms with Gasteiger partial charge in [-0.3, -0.25) is 4.98 Å². The van der Waals surface area contributed by atoms with Crippen molar-refractivity contribution in [3.05, 3.63) is 24.3 Å². The molecule has 3 heterocycles. The van der Waals surface area contributed by atoms with Gasteiger partial charge in [0, 0.05) is 12.1 Å². The molecule has 0 amide bonds. The van der Waals surface area contributed by atoms with E-state index in [0.29, 0.717) is 5.92 Å². The zero-order chi connectivity index (χ0) is 10.1. The number of hydrogen-bond acceptors (Lipinski definition) is 3. The quantitative estimate of drug-likeness (QED) is 0.797. The molecule has 0 aliphatic carbocycles. The van der Waals surface area contributed by atoms with Crippen LogP contribution in [0.5, 0.6) is 0 Å². The van der Waals surface area contributed by atoms with Gasteiger partial charge in [-0.2, -0.15) is 0 Å². The monoisotopic (exact) mass is 238 g/mol. The first-order chi connectivity index (χ1) is 7.43. The largest absolute Gasteiger partial charge is 0.340 e. The maximum atomic E-state index is 4.61. The van der Waals surface area contributed by atoms with Crippen molar-refractivity contribution in [2.75, 3.05) is 13.1 Å². The highest BCUT2D eigenvalue weighted by Crippen LogP contribution is 2.24. The fraction of sp³-hybridized carbons (Fsp3) is 0.455. The van der Waals surface area contributed by atoms with Crippen molar-refractivity contribution in [1.29, 1.82) is 0 Å². The van der Waals surface area contributed by atoms with Crippen molar-refractivity contribution in [2.45, 2.75) is 18.8 Å². The van der Waals surface area contributed by atoms with E-state index in [2.05, 4.69) is 20.3 Å². The number of imidazole rings is 1. The molecule has 0 atom stereocenters. The molecule has 3 rings (SSSR count). The molecule has 16 heavy (non-hydrogen) atoms. The number of hydrogen-bond donors (Lipinski definition) is 2. The molecule has 1 fully saturated rings. The van der Waals surface area contributed by atoms with E-state index in [1.54, 1.807) is 6.20 Å². The molecule has 1 aliphatic rings. The highest BCUT2D eigenvalue weighted by molar-refractivity contribution is 5.85. The Morgan fingerprint density at radius 1 is 1.25 bits per heavy atom. The minimum absolute atomic E-state index is 0. The third-order valence-electron chi connectivity index (χ3n) is 3.03. The molecule has 5 heteroatoms. The molecule has 86 valence electrons. The van der Waals surface area contributed by atoms with Gasteiger partial charge >= 0.3 is 0 Å². The molecule has 2 N–H and O–H groups in total. The molecule has 4 nitrogen and oxygen atoms in total. The van der Waals surface area contributed by atoms with Gasteiger partial charge < -0.3 is 10.3 Å². The van der Waals surface area contributed by atoms with E-state index >= 15 is 0 Å². The number of H-pyrrole nitrogens is 1. The third-order valence-corrected chi connectivity index (χ3v) is 3.03. The van der Waals surface area contributed by atoms with Crippen LogP contribution < -0.4 is 5.32 Å². The summed E-state index contributed by atoms with van der Waals surface area (Å²) in [5.41, 5.74) is 2.07. The molecule has 0 spiro atoms. The Bertz CT molecular complexity index is 429. The van der Waals surface area contributed by atoms with Crippen LogP contribution in [0.15, 0.2) is 18.5 Å². The van der Waals surface area contributed by atoms with Crippen molar-refractivity contribution in [1.82, 2.24) is 20.3 Å². The van der Waals surface area contributed by atoms with Gasteiger partial charge in [-0.25, -0.2) is 4.98 Å². The lowest BCUT2D eigenvalue weighted by atomic mass is 9.98. The first kappa shape index (κ1) is 11.4. The van der Waals surface area contributed by atoms with E-state index in [1.807, 2.05) is 12.3 Å². The van der Waals surface area contributed by atoms with Crippen molar-refractivity contribution >= 4 is 23.4 Å². The molecular weight excluding hydrogens is 224 g/mol. The number of aromatic nitrogens is 3. The molecule has 0 aromatic carbocycles. The highest BCUT2D eigenvalue weighted by atomic mass is 35.5. The van der Waals surface area contributed by atoms with Crippen molar-refractivity contribution in [3.8, 4) is 0 Å². The van der Waals surface area contributed by atoms with E-state index in [9.17, 15) is 0 Å². The number of fused-ring (bicyclic) bond motifs is 1. The van der Waals surface area contributed by atoms with Gasteiger partial charge in [0.25, 0.3) is 0 Å². The second kappa shape index (κ2) is 4.80. The summed E-state index contributed by atoms with van der Waals surface area (Å²) in [6.45, 7) is 2.19. The first-order valence-electron chi connectivity index (χ1n) is 5.44. The number of halogens is 1. The fourth-order valence-electron chi connectivity index (χ4n) is 2.17. The lowest BCUT2D eigenvalue weighted by Gasteiger charge is -2.20. The standard InChI is InChI=1S/C11H14N4.ClH/c1-4-12-5-2-8(1)11-14-9-3-6-13-7-10(9)15-11;/h3,6-8,12H,1-2,4-5H2,(H,14,15);1H. The second-order valence-electron chi connectivity index (χ2n) is 4.04. The summed E-state index contributed by atoms with van der Waals surface area (Å²) < 4.78 is 0. The Balaban J connectivity index is 0.000000963. The third kappa shape index (κ3) is 2.03. The Kier molecular flexibility index (Phi) is 3.41. The summed E-state index contributed by atoms with van der Waals surface area (Å²) in [5, 5.41) is 3.36. The maximum absolute atomic E-state index is 4.61. The summed E-state index contributed by atoms with van der Waals surface area (Å²) >= 11 is 0. The molecular formula is C11H15ClN4. The molecule has 2 aromatic rings. The van der Waals surface area contributed by atoms with Gasteiger partial charge in [0.15, 0.2) is 0 Å². The minimum atomic E-state index is 0. The number of rotatable bonds is 1. The van der Waals surface area contributed by atoms with E-state index in [4.69, 9.17) is 0 Å². The van der Waals surface area contributed by atoms with Crippen LogP contribution in [0.3, 0.4) is 0 Å². The average molecular weight is 239 g/mol. The summed E-state index contributed by atoms with van der Waals surface area (Å²) in [6, 6.07) is 1.95. The van der Waals surface area contributed by atoms with Gasteiger partial charge in [0.1, 0.15) is 5.82 Å². The van der Waals surface area contributed by atoms with Crippen molar-refractivity contribution < 1.29 is 0 Å². The van der Waals surface area contributed by atoms with Crippen LogP contribution >= 0.6 is 12.4 Å². The Labute approximate surface area is 100 Å². The van der Waals surface area contributed by atoms with Crippen LogP contribution in [0.1, 0.15) is 24.6 Å². The maximum Gasteiger partial charge on any atom is 0.110 e. The molecule has 0 bridgehead atoms. The molecule has 1 saturated heterocycles. The van der Waals surface area contributed by atoms with Gasteiger partial charge in [-0.05, 0) is 32.0 Å². The molecule has 0 saturated carbocycles. The van der Waals surface area contributed by atoms with E-state index in [1.165, 1.54) is 12.8 Å². The number of nitrogens with zero attached hydrogens (tertiary/aromatic N) is 2. The molecule has 0 radical (unpaired) electrons. The predicted molar refractivity (Wildman–Crippen MR) is 66.0 cm³/mol. The average Bonchev–Trinajstić information content (AvgIpc) is 2.74. The predicted octanol–water partition coefficient (Wildman–Crippen LogP) is 1.85. The van der Waals surface area contributed by atoms with Crippen LogP contribution in [0.2, 0.25) is 0 Å². The molecule has 2 aromatic heterocycles. The topological polar surface area (TPSA) is 53.6 Å². The van der Waals surface area contributed by atoms with Gasteiger partial charge in [-0.15, -0.1) is 12.4 Å². The van der Waals surface area contributed by atoms with Crippen LogP contribution in [0.25, 0.3) is 11.0 Å². The normalized spacial score (nSPS) is 17.2. The van der Waals surface area contributed by atoms with Crippen LogP contribution in [-0.4, -0.2) is 28.0 Å². The highest BCUT2D eigenvalue weighted by Gasteiger charge is 2.18. The zero-order valence-corrected chi connectivity index (χ0v) is 9.76. The first-order valence-corrected chi connectivity index (χ1v) is 5.44. The minimum Gasteiger partial charge on any atom is -0.340 e. The zero-order valence-electron chi connectivity index (χ0n) is 8.94. The SMILES string of the molecule is Cl.c1cc2nc(C3CCNCC3)[nH]c2cn1. The van der Waals surface area contributed by atoms with Gasteiger partial charge in [-0.1, -0.05) is 0 Å². The van der Waals surface area contributed by atoms with Gasteiger partial charge in [0.05, 0.1) is 17.2 Å². The number of nitrogens with one attached hydrogen (secondary N) is 2. The van der Waals surface area contributed by atoms with Gasteiger partial charge in [0.2, 0.25) is 0 Å². The summed E-state index contributed by atoms with van der Waals surface area (Å²) in [7, 11) is 0. The summed E-state index contributed by atoms with van der Waals surface area (Å²) in [5.74, 6) is 1.71. The lowest BCUT2D eigenvalue weighted by Crippen LogP contribution is -2.27. The Morgan fingerprint density at radius 2 is 2.06 bits per heavy atom. The van der Waals surface area contributed by atoms with Crippen molar-refractivity contribution in [3.63, 3.8) is 0 Å². The van der Waals surface area contributed by atoms with Crippen molar-refractivity contribution in [2.24, 2.45) is 0 Å². The smallest absolute Gasteiger partial charge is 0.110 e. The summed E-state index contributed by atoms with van der Waals surface area (Å²) in [4.78, 5) is 12.1. The Hall–Kier alpha value is -1.13. The Morgan fingerprint density at radius 3 is 2.81 bits per heavy atom. The van der Waals surface area contributed by atoms with E-state index in [0.717, 1.165) is 29.9 Å². The number of aromatic amines is 1. The number of piperidine rings is 1. The van der Waals surface area contributed by atoms with Crippen LogP contribution in [-0.2, 0) is 0 Å². The molecule has 0 unspecified atom stereocenters. The van der Waals surface area contributed by atoms with E-state index in [-0.39, 0.29) is 12.4 Å².